The molecule has 2 rings (SSSR count). The Bertz CT molecular complexity index is 479. The van der Waals surface area contributed by atoms with E-state index in [0.29, 0.717) is 12.5 Å². The highest BCUT2D eigenvalue weighted by molar-refractivity contribution is 5.94. The van der Waals surface area contributed by atoms with Crippen molar-refractivity contribution in [1.82, 2.24) is 10.6 Å². The molecule has 0 radical (unpaired) electrons. The summed E-state index contributed by atoms with van der Waals surface area (Å²) < 4.78 is 39.1. The van der Waals surface area contributed by atoms with Gasteiger partial charge < -0.3 is 10.6 Å². The Labute approximate surface area is 121 Å². The van der Waals surface area contributed by atoms with E-state index >= 15 is 0 Å². The first-order valence-corrected chi connectivity index (χ1v) is 6.22. The maximum atomic E-state index is 13.4. The third-order valence-electron chi connectivity index (χ3n) is 3.29. The normalized spacial score (nSPS) is 15.6. The van der Waals surface area contributed by atoms with E-state index < -0.39 is 28.9 Å². The van der Waals surface area contributed by atoms with E-state index in [0.717, 1.165) is 38.1 Å². The first kappa shape index (κ1) is 16.8. The molecule has 20 heavy (non-hydrogen) atoms. The second-order valence-corrected chi connectivity index (χ2v) is 4.63. The Morgan fingerprint density at radius 1 is 1.20 bits per heavy atom. The molecule has 1 aliphatic heterocycles. The molecule has 1 aromatic rings. The molecule has 2 N–H and O–H groups in total. The monoisotopic (exact) mass is 308 g/mol. The Kier molecular flexibility index (Phi) is 6.29. The lowest BCUT2D eigenvalue weighted by atomic mass is 9.98. The number of rotatable bonds is 3. The number of carbonyl (C=O) groups is 1. The molecule has 0 aliphatic carbocycles. The molecule has 112 valence electrons. The van der Waals surface area contributed by atoms with Crippen molar-refractivity contribution in [2.45, 2.75) is 12.8 Å². The van der Waals surface area contributed by atoms with Crippen LogP contribution in [0.1, 0.15) is 23.2 Å². The number of piperidine rings is 1. The van der Waals surface area contributed by atoms with E-state index in [4.69, 9.17) is 0 Å². The second kappa shape index (κ2) is 7.50. The summed E-state index contributed by atoms with van der Waals surface area (Å²) in [6, 6.07) is 1.70. The van der Waals surface area contributed by atoms with Crippen LogP contribution in [0.4, 0.5) is 13.2 Å². The van der Waals surface area contributed by atoms with Crippen LogP contribution in [0.3, 0.4) is 0 Å². The summed E-state index contributed by atoms with van der Waals surface area (Å²) >= 11 is 0. The third kappa shape index (κ3) is 3.86. The van der Waals surface area contributed by atoms with Gasteiger partial charge in [-0.3, -0.25) is 4.79 Å². The molecule has 1 aromatic carbocycles. The SMILES string of the molecule is Cl.O=C(NCC1CCNCC1)c1ccc(F)c(F)c1F. The van der Waals surface area contributed by atoms with Gasteiger partial charge in [-0.1, -0.05) is 0 Å². The van der Waals surface area contributed by atoms with Gasteiger partial charge >= 0.3 is 0 Å². The first-order chi connectivity index (χ1) is 9.09. The molecule has 0 saturated carbocycles. The molecule has 7 heteroatoms. The number of benzene rings is 1. The van der Waals surface area contributed by atoms with Gasteiger partial charge in [0.25, 0.3) is 5.91 Å². The van der Waals surface area contributed by atoms with Gasteiger partial charge in [-0.25, -0.2) is 13.2 Å². The van der Waals surface area contributed by atoms with Crippen LogP contribution in [-0.2, 0) is 0 Å². The Hall–Kier alpha value is -1.27. The maximum Gasteiger partial charge on any atom is 0.254 e. The molecule has 0 atom stereocenters. The van der Waals surface area contributed by atoms with Crippen molar-refractivity contribution < 1.29 is 18.0 Å². The summed E-state index contributed by atoms with van der Waals surface area (Å²) in [4.78, 5) is 11.7. The van der Waals surface area contributed by atoms with Crippen LogP contribution in [0, 0.1) is 23.4 Å². The summed E-state index contributed by atoms with van der Waals surface area (Å²) in [6.07, 6.45) is 1.86. The van der Waals surface area contributed by atoms with Crippen LogP contribution < -0.4 is 10.6 Å². The van der Waals surface area contributed by atoms with Gasteiger partial charge in [0, 0.05) is 6.54 Å². The van der Waals surface area contributed by atoms with E-state index in [1.165, 1.54) is 0 Å². The zero-order chi connectivity index (χ0) is 13.8. The highest BCUT2D eigenvalue weighted by atomic mass is 35.5. The summed E-state index contributed by atoms with van der Waals surface area (Å²) in [5.74, 6) is -4.74. The fraction of sp³-hybridized carbons (Fsp3) is 0.462. The smallest absolute Gasteiger partial charge is 0.254 e. The molecule has 0 unspecified atom stereocenters. The van der Waals surface area contributed by atoms with Crippen molar-refractivity contribution in [1.29, 1.82) is 0 Å². The number of carbonyl (C=O) groups excluding carboxylic acids is 1. The van der Waals surface area contributed by atoms with Gasteiger partial charge in [-0.15, -0.1) is 12.4 Å². The average Bonchev–Trinajstić information content (AvgIpc) is 2.43. The van der Waals surface area contributed by atoms with Crippen molar-refractivity contribution in [3.8, 4) is 0 Å². The standard InChI is InChI=1S/C13H15F3N2O.ClH/c14-10-2-1-9(11(15)12(10)16)13(19)18-7-8-3-5-17-6-4-8;/h1-2,8,17H,3-7H2,(H,18,19);1H. The van der Waals surface area contributed by atoms with Gasteiger partial charge in [0.2, 0.25) is 0 Å². The van der Waals surface area contributed by atoms with Gasteiger partial charge in [-0.05, 0) is 44.0 Å². The molecule has 0 bridgehead atoms. The van der Waals surface area contributed by atoms with Crippen LogP contribution in [-0.4, -0.2) is 25.5 Å². The quantitative estimate of drug-likeness (QED) is 0.841. The summed E-state index contributed by atoms with van der Waals surface area (Å²) in [6.45, 7) is 2.19. The fourth-order valence-corrected chi connectivity index (χ4v) is 2.12. The van der Waals surface area contributed by atoms with Crippen LogP contribution in [0.25, 0.3) is 0 Å². The molecular weight excluding hydrogens is 293 g/mol. The van der Waals surface area contributed by atoms with Crippen molar-refractivity contribution in [3.63, 3.8) is 0 Å². The fourth-order valence-electron chi connectivity index (χ4n) is 2.12. The van der Waals surface area contributed by atoms with E-state index in [-0.39, 0.29) is 12.4 Å². The van der Waals surface area contributed by atoms with Crippen LogP contribution in [0.2, 0.25) is 0 Å². The molecule has 1 aliphatic rings. The van der Waals surface area contributed by atoms with E-state index in [1.807, 2.05) is 0 Å². The molecular formula is C13H16ClF3N2O. The number of halogens is 4. The van der Waals surface area contributed by atoms with Crippen LogP contribution >= 0.6 is 12.4 Å². The summed E-state index contributed by atoms with van der Waals surface area (Å²) in [5, 5.41) is 5.75. The number of nitrogens with one attached hydrogen (secondary N) is 2. The lowest BCUT2D eigenvalue weighted by molar-refractivity contribution is 0.0939. The highest BCUT2D eigenvalue weighted by Crippen LogP contribution is 2.15. The van der Waals surface area contributed by atoms with Crippen molar-refractivity contribution >= 4 is 18.3 Å². The summed E-state index contributed by atoms with van der Waals surface area (Å²) in [5.41, 5.74) is -0.465. The largest absolute Gasteiger partial charge is 0.352 e. The Morgan fingerprint density at radius 3 is 2.50 bits per heavy atom. The van der Waals surface area contributed by atoms with Gasteiger partial charge in [-0.2, -0.15) is 0 Å². The van der Waals surface area contributed by atoms with Crippen molar-refractivity contribution in [2.24, 2.45) is 5.92 Å². The zero-order valence-corrected chi connectivity index (χ0v) is 11.5. The predicted molar refractivity (Wildman–Crippen MR) is 71.5 cm³/mol. The minimum Gasteiger partial charge on any atom is -0.352 e. The Morgan fingerprint density at radius 2 is 1.85 bits per heavy atom. The van der Waals surface area contributed by atoms with Crippen LogP contribution in [0.5, 0.6) is 0 Å². The van der Waals surface area contributed by atoms with Gasteiger partial charge in [0.15, 0.2) is 17.5 Å². The molecule has 0 aromatic heterocycles. The lowest BCUT2D eigenvalue weighted by Crippen LogP contribution is -2.36. The molecule has 1 heterocycles. The van der Waals surface area contributed by atoms with E-state index in [1.54, 1.807) is 0 Å². The van der Waals surface area contributed by atoms with Gasteiger partial charge in [0.05, 0.1) is 5.56 Å². The summed E-state index contributed by atoms with van der Waals surface area (Å²) in [7, 11) is 0. The first-order valence-electron chi connectivity index (χ1n) is 6.22. The minimum atomic E-state index is -1.62. The zero-order valence-electron chi connectivity index (χ0n) is 10.7. The molecule has 1 amide bonds. The predicted octanol–water partition coefficient (Wildman–Crippen LogP) is 2.26. The Balaban J connectivity index is 0.00000200. The minimum absolute atomic E-state index is 0. The molecule has 1 fully saturated rings. The third-order valence-corrected chi connectivity index (χ3v) is 3.29. The van der Waals surface area contributed by atoms with Crippen molar-refractivity contribution in [2.75, 3.05) is 19.6 Å². The molecule has 3 nitrogen and oxygen atoms in total. The lowest BCUT2D eigenvalue weighted by Gasteiger charge is -2.22. The molecule has 0 spiro atoms. The van der Waals surface area contributed by atoms with E-state index in [2.05, 4.69) is 10.6 Å². The number of hydrogen-bond donors (Lipinski definition) is 2. The second-order valence-electron chi connectivity index (χ2n) is 4.63. The van der Waals surface area contributed by atoms with Crippen molar-refractivity contribution in [3.05, 3.63) is 35.1 Å². The molecule has 1 saturated heterocycles. The maximum absolute atomic E-state index is 13.4. The number of amides is 1. The highest BCUT2D eigenvalue weighted by Gasteiger charge is 2.20. The topological polar surface area (TPSA) is 41.1 Å². The average molecular weight is 309 g/mol. The van der Waals surface area contributed by atoms with Gasteiger partial charge in [0.1, 0.15) is 0 Å². The number of hydrogen-bond acceptors (Lipinski definition) is 2. The van der Waals surface area contributed by atoms with Crippen LogP contribution in [0.15, 0.2) is 12.1 Å². The van der Waals surface area contributed by atoms with E-state index in [9.17, 15) is 18.0 Å².